The summed E-state index contributed by atoms with van der Waals surface area (Å²) in [5, 5.41) is 0. The van der Waals surface area contributed by atoms with E-state index < -0.39 is 0 Å². The van der Waals surface area contributed by atoms with Crippen molar-refractivity contribution in [2.45, 2.75) is 13.5 Å². The minimum absolute atomic E-state index is 0.520. The van der Waals surface area contributed by atoms with Gasteiger partial charge in [0.15, 0.2) is 11.5 Å². The molecule has 0 amide bonds. The highest BCUT2D eigenvalue weighted by atomic mass is 79.9. The van der Waals surface area contributed by atoms with Crippen LogP contribution in [0.4, 0.5) is 0 Å². The molecule has 0 aliphatic heterocycles. The molecule has 0 fully saturated rings. The highest BCUT2D eigenvalue weighted by molar-refractivity contribution is 9.10. The van der Waals surface area contributed by atoms with Gasteiger partial charge in [0, 0.05) is 0 Å². The van der Waals surface area contributed by atoms with E-state index in [0.29, 0.717) is 24.7 Å². The van der Waals surface area contributed by atoms with Crippen molar-refractivity contribution >= 4 is 15.9 Å². The second-order valence-corrected chi connectivity index (χ2v) is 4.62. The Kier molecular flexibility index (Phi) is 5.51. The maximum atomic E-state index is 5.49. The van der Waals surface area contributed by atoms with Gasteiger partial charge in [-0.1, -0.05) is 12.2 Å². The van der Waals surface area contributed by atoms with Crippen LogP contribution in [0.5, 0.6) is 11.5 Å². The highest BCUT2D eigenvalue weighted by Crippen LogP contribution is 2.36. The van der Waals surface area contributed by atoms with Crippen LogP contribution in [0.1, 0.15) is 12.5 Å². The molecule has 1 aromatic rings. The summed E-state index contributed by atoms with van der Waals surface area (Å²) in [7, 11) is 3.22. The molecule has 0 heterocycles. The summed E-state index contributed by atoms with van der Waals surface area (Å²) >= 11 is 3.44. The number of methoxy groups -OCH3 is 2. The Morgan fingerprint density at radius 2 is 2.00 bits per heavy atom. The molecule has 1 aromatic carbocycles. The van der Waals surface area contributed by atoms with E-state index in [1.165, 1.54) is 0 Å². The first kappa shape index (κ1) is 14.1. The normalized spacial score (nSPS) is 10.1. The lowest BCUT2D eigenvalue weighted by Gasteiger charge is -2.12. The van der Waals surface area contributed by atoms with Crippen LogP contribution in [-0.2, 0) is 11.3 Å². The van der Waals surface area contributed by atoms with Gasteiger partial charge < -0.3 is 14.2 Å². The summed E-state index contributed by atoms with van der Waals surface area (Å²) < 4.78 is 16.8. The number of ether oxygens (including phenoxy) is 3. The van der Waals surface area contributed by atoms with E-state index in [4.69, 9.17) is 14.2 Å². The van der Waals surface area contributed by atoms with Crippen LogP contribution in [0.15, 0.2) is 28.8 Å². The van der Waals surface area contributed by atoms with E-state index in [2.05, 4.69) is 22.5 Å². The van der Waals surface area contributed by atoms with Gasteiger partial charge in [-0.15, -0.1) is 0 Å². The minimum Gasteiger partial charge on any atom is -0.493 e. The van der Waals surface area contributed by atoms with E-state index in [1.807, 2.05) is 19.1 Å². The van der Waals surface area contributed by atoms with Gasteiger partial charge in [0.25, 0.3) is 0 Å². The van der Waals surface area contributed by atoms with E-state index in [9.17, 15) is 0 Å². The Balaban J connectivity index is 2.80. The first-order valence-electron chi connectivity index (χ1n) is 5.21. The summed E-state index contributed by atoms with van der Waals surface area (Å²) in [6, 6.07) is 3.86. The third-order valence-corrected chi connectivity index (χ3v) is 2.70. The van der Waals surface area contributed by atoms with Crippen LogP contribution in [0.3, 0.4) is 0 Å². The van der Waals surface area contributed by atoms with Crippen molar-refractivity contribution in [1.82, 2.24) is 0 Å². The first-order valence-corrected chi connectivity index (χ1v) is 6.00. The minimum atomic E-state index is 0.520. The Morgan fingerprint density at radius 3 is 2.53 bits per heavy atom. The van der Waals surface area contributed by atoms with Gasteiger partial charge in [0.2, 0.25) is 0 Å². The van der Waals surface area contributed by atoms with Crippen LogP contribution in [0.2, 0.25) is 0 Å². The maximum absolute atomic E-state index is 5.49. The number of rotatable bonds is 6. The molecule has 0 saturated heterocycles. The fraction of sp³-hybridized carbons (Fsp3) is 0.385. The largest absolute Gasteiger partial charge is 0.493 e. The predicted octanol–water partition coefficient (Wildman–Crippen LogP) is 3.56. The van der Waals surface area contributed by atoms with E-state index in [0.717, 1.165) is 15.6 Å². The van der Waals surface area contributed by atoms with Crippen molar-refractivity contribution in [2.24, 2.45) is 0 Å². The molecule has 0 saturated carbocycles. The van der Waals surface area contributed by atoms with Gasteiger partial charge in [-0.25, -0.2) is 0 Å². The summed E-state index contributed by atoms with van der Waals surface area (Å²) in [6.45, 7) is 6.80. The lowest BCUT2D eigenvalue weighted by atomic mass is 10.2. The van der Waals surface area contributed by atoms with Gasteiger partial charge >= 0.3 is 0 Å². The summed E-state index contributed by atoms with van der Waals surface area (Å²) in [5.41, 5.74) is 2.03. The molecule has 0 N–H and O–H groups in total. The molecule has 0 aromatic heterocycles. The zero-order valence-corrected chi connectivity index (χ0v) is 12.0. The number of benzene rings is 1. The molecule has 94 valence electrons. The summed E-state index contributed by atoms with van der Waals surface area (Å²) in [6.07, 6.45) is 0. The molecular formula is C13H17BrO3. The predicted molar refractivity (Wildman–Crippen MR) is 71.7 cm³/mol. The lowest BCUT2D eigenvalue weighted by molar-refractivity contribution is 0.142. The Hall–Kier alpha value is -1.00. The highest BCUT2D eigenvalue weighted by Gasteiger charge is 2.10. The van der Waals surface area contributed by atoms with Gasteiger partial charge in [-0.2, -0.15) is 0 Å². The third-order valence-electron chi connectivity index (χ3n) is 2.11. The molecule has 17 heavy (non-hydrogen) atoms. The van der Waals surface area contributed by atoms with Gasteiger partial charge in [-0.3, -0.25) is 0 Å². The second kappa shape index (κ2) is 6.67. The second-order valence-electron chi connectivity index (χ2n) is 3.76. The maximum Gasteiger partial charge on any atom is 0.174 e. The van der Waals surface area contributed by atoms with Crippen molar-refractivity contribution in [2.75, 3.05) is 20.8 Å². The van der Waals surface area contributed by atoms with Crippen LogP contribution in [0.25, 0.3) is 0 Å². The fourth-order valence-electron chi connectivity index (χ4n) is 1.40. The molecule has 0 unspecified atom stereocenters. The number of hydrogen-bond acceptors (Lipinski definition) is 3. The Labute approximate surface area is 111 Å². The van der Waals surface area contributed by atoms with Crippen molar-refractivity contribution in [1.29, 1.82) is 0 Å². The summed E-state index contributed by atoms with van der Waals surface area (Å²) in [5.74, 6) is 1.38. The molecule has 0 aliphatic carbocycles. The Bertz CT molecular complexity index is 402. The molecule has 4 heteroatoms. The average Bonchev–Trinajstić information content (AvgIpc) is 2.27. The van der Waals surface area contributed by atoms with E-state index >= 15 is 0 Å². The Morgan fingerprint density at radius 1 is 1.29 bits per heavy atom. The van der Waals surface area contributed by atoms with Crippen molar-refractivity contribution in [3.63, 3.8) is 0 Å². The van der Waals surface area contributed by atoms with Crippen molar-refractivity contribution < 1.29 is 14.2 Å². The van der Waals surface area contributed by atoms with Crippen LogP contribution < -0.4 is 9.47 Å². The van der Waals surface area contributed by atoms with E-state index in [1.54, 1.807) is 14.2 Å². The molecule has 0 spiro atoms. The smallest absolute Gasteiger partial charge is 0.174 e. The van der Waals surface area contributed by atoms with Gasteiger partial charge in [0.05, 0.1) is 31.9 Å². The zero-order chi connectivity index (χ0) is 12.8. The van der Waals surface area contributed by atoms with Gasteiger partial charge in [-0.05, 0) is 40.5 Å². The number of hydrogen-bond donors (Lipinski definition) is 0. The van der Waals surface area contributed by atoms with Crippen molar-refractivity contribution in [3.8, 4) is 11.5 Å². The molecular weight excluding hydrogens is 284 g/mol. The lowest BCUT2D eigenvalue weighted by Crippen LogP contribution is -1.98. The van der Waals surface area contributed by atoms with Crippen LogP contribution >= 0.6 is 15.9 Å². The topological polar surface area (TPSA) is 27.7 Å². The molecule has 0 aliphatic rings. The molecule has 0 bridgehead atoms. The standard InChI is InChI=1S/C13H17BrO3/c1-9(2)7-17-8-10-5-11(14)13(16-4)12(6-10)15-3/h5-6H,1,7-8H2,2-4H3. The average molecular weight is 301 g/mol. The number of halogens is 1. The first-order chi connectivity index (χ1) is 8.08. The van der Waals surface area contributed by atoms with E-state index in [-0.39, 0.29) is 0 Å². The fourth-order valence-corrected chi connectivity index (χ4v) is 2.05. The SMILES string of the molecule is C=C(C)COCc1cc(Br)c(OC)c(OC)c1. The quantitative estimate of drug-likeness (QED) is 0.752. The van der Waals surface area contributed by atoms with Crippen LogP contribution in [-0.4, -0.2) is 20.8 Å². The molecule has 0 atom stereocenters. The van der Waals surface area contributed by atoms with Gasteiger partial charge in [0.1, 0.15) is 0 Å². The monoisotopic (exact) mass is 300 g/mol. The zero-order valence-electron chi connectivity index (χ0n) is 10.4. The third kappa shape index (κ3) is 4.06. The molecule has 0 radical (unpaired) electrons. The van der Waals surface area contributed by atoms with Crippen molar-refractivity contribution in [3.05, 3.63) is 34.3 Å². The summed E-state index contributed by atoms with van der Waals surface area (Å²) in [4.78, 5) is 0. The van der Waals surface area contributed by atoms with Crippen LogP contribution in [0, 0.1) is 0 Å². The molecule has 3 nitrogen and oxygen atoms in total. The molecule has 1 rings (SSSR count).